The summed E-state index contributed by atoms with van der Waals surface area (Å²) in [6.07, 6.45) is 4.02. The lowest BCUT2D eigenvalue weighted by atomic mass is 10.4. The Morgan fingerprint density at radius 2 is 2.24 bits per heavy atom. The molecule has 0 saturated carbocycles. The van der Waals surface area contributed by atoms with Crippen LogP contribution >= 0.6 is 0 Å². The summed E-state index contributed by atoms with van der Waals surface area (Å²) in [7, 11) is 0. The summed E-state index contributed by atoms with van der Waals surface area (Å²) in [5.74, 6) is 0.506. The molecule has 2 aromatic rings. The van der Waals surface area contributed by atoms with E-state index in [2.05, 4.69) is 10.1 Å². The molecule has 2 rings (SSSR count). The van der Waals surface area contributed by atoms with Crippen LogP contribution in [-0.2, 0) is 4.74 Å². The lowest BCUT2D eigenvalue weighted by Crippen LogP contribution is -2.09. The van der Waals surface area contributed by atoms with Gasteiger partial charge in [-0.2, -0.15) is 5.10 Å². The third-order valence-corrected chi connectivity index (χ3v) is 2.64. The molecule has 0 atom stereocenters. The van der Waals surface area contributed by atoms with Gasteiger partial charge >= 0.3 is 5.97 Å². The Hall–Kier alpha value is -2.57. The van der Waals surface area contributed by atoms with Crippen molar-refractivity contribution in [2.45, 2.75) is 20.3 Å². The van der Waals surface area contributed by atoms with Gasteiger partial charge in [0.15, 0.2) is 17.3 Å². The second kappa shape index (κ2) is 6.74. The van der Waals surface area contributed by atoms with Crippen LogP contribution in [-0.4, -0.2) is 33.9 Å². The highest BCUT2D eigenvalue weighted by Crippen LogP contribution is 2.22. The maximum Gasteiger partial charge on any atom is 0.361 e. The third-order valence-electron chi connectivity index (χ3n) is 2.64. The van der Waals surface area contributed by atoms with Crippen molar-refractivity contribution >= 4 is 11.7 Å². The van der Waals surface area contributed by atoms with Gasteiger partial charge in [0.2, 0.25) is 0 Å². The van der Waals surface area contributed by atoms with Crippen LogP contribution in [0, 0.1) is 0 Å². The highest BCUT2D eigenvalue weighted by molar-refractivity contribution is 5.92. The molecule has 2 aromatic heterocycles. The van der Waals surface area contributed by atoms with Crippen LogP contribution in [0.5, 0.6) is 5.75 Å². The zero-order valence-corrected chi connectivity index (χ0v) is 12.1. The zero-order valence-electron chi connectivity index (χ0n) is 12.1. The SMILES string of the molecule is CCCOc1cccnc1-n1cc(N)c(C(=O)OCC)n1. The van der Waals surface area contributed by atoms with Gasteiger partial charge in [-0.15, -0.1) is 0 Å². The predicted molar refractivity (Wildman–Crippen MR) is 77.5 cm³/mol. The number of nitrogens with two attached hydrogens (primary N) is 1. The van der Waals surface area contributed by atoms with Crippen molar-refractivity contribution in [3.63, 3.8) is 0 Å². The van der Waals surface area contributed by atoms with Crippen molar-refractivity contribution in [1.82, 2.24) is 14.8 Å². The van der Waals surface area contributed by atoms with Gasteiger partial charge in [-0.25, -0.2) is 14.5 Å². The molecule has 0 aliphatic heterocycles. The highest BCUT2D eigenvalue weighted by Gasteiger charge is 2.18. The van der Waals surface area contributed by atoms with E-state index in [1.165, 1.54) is 10.9 Å². The summed E-state index contributed by atoms with van der Waals surface area (Å²) in [5.41, 5.74) is 6.12. The largest absolute Gasteiger partial charge is 0.490 e. The molecule has 21 heavy (non-hydrogen) atoms. The molecule has 0 unspecified atom stereocenters. The summed E-state index contributed by atoms with van der Waals surface area (Å²) in [6, 6.07) is 3.56. The number of hydrogen-bond acceptors (Lipinski definition) is 6. The number of carbonyl (C=O) groups is 1. The normalized spacial score (nSPS) is 10.4. The summed E-state index contributed by atoms with van der Waals surface area (Å²) in [4.78, 5) is 16.0. The van der Waals surface area contributed by atoms with E-state index < -0.39 is 5.97 Å². The smallest absolute Gasteiger partial charge is 0.361 e. The van der Waals surface area contributed by atoms with Crippen molar-refractivity contribution in [1.29, 1.82) is 0 Å². The maximum absolute atomic E-state index is 11.7. The molecule has 0 spiro atoms. The third kappa shape index (κ3) is 3.31. The van der Waals surface area contributed by atoms with Crippen molar-refractivity contribution in [2.75, 3.05) is 18.9 Å². The van der Waals surface area contributed by atoms with Crippen LogP contribution in [0.2, 0.25) is 0 Å². The molecule has 2 heterocycles. The van der Waals surface area contributed by atoms with Crippen molar-refractivity contribution in [3.05, 3.63) is 30.2 Å². The average Bonchev–Trinajstić information content (AvgIpc) is 2.87. The van der Waals surface area contributed by atoms with Gasteiger partial charge in [0.05, 0.1) is 25.1 Å². The highest BCUT2D eigenvalue weighted by atomic mass is 16.5. The van der Waals surface area contributed by atoms with Gasteiger partial charge in [0.1, 0.15) is 0 Å². The summed E-state index contributed by atoms with van der Waals surface area (Å²) in [5, 5.41) is 4.14. The Kier molecular flexibility index (Phi) is 4.76. The molecule has 2 N–H and O–H groups in total. The first kappa shape index (κ1) is 14.8. The number of aromatic nitrogens is 3. The van der Waals surface area contributed by atoms with Crippen LogP contribution in [0.4, 0.5) is 5.69 Å². The lowest BCUT2D eigenvalue weighted by Gasteiger charge is -2.09. The van der Waals surface area contributed by atoms with Crippen molar-refractivity contribution in [3.8, 4) is 11.6 Å². The molecule has 0 fully saturated rings. The molecule has 7 nitrogen and oxygen atoms in total. The molecular weight excluding hydrogens is 272 g/mol. The fraction of sp³-hybridized carbons (Fsp3) is 0.357. The number of carbonyl (C=O) groups excluding carboxylic acids is 1. The van der Waals surface area contributed by atoms with E-state index in [1.54, 1.807) is 25.3 Å². The monoisotopic (exact) mass is 290 g/mol. The zero-order chi connectivity index (χ0) is 15.2. The van der Waals surface area contributed by atoms with Gasteiger partial charge in [-0.05, 0) is 25.5 Å². The minimum atomic E-state index is -0.555. The Morgan fingerprint density at radius 3 is 2.95 bits per heavy atom. The van der Waals surface area contributed by atoms with E-state index in [-0.39, 0.29) is 18.0 Å². The maximum atomic E-state index is 11.7. The van der Waals surface area contributed by atoms with Gasteiger partial charge < -0.3 is 15.2 Å². The molecule has 0 saturated heterocycles. The molecule has 0 aliphatic carbocycles. The molecule has 0 amide bonds. The molecule has 112 valence electrons. The number of anilines is 1. The van der Waals surface area contributed by atoms with Crippen LogP contribution in [0.3, 0.4) is 0 Å². The molecule has 7 heteroatoms. The van der Waals surface area contributed by atoms with Crippen molar-refractivity contribution < 1.29 is 14.3 Å². The van der Waals surface area contributed by atoms with E-state index in [0.29, 0.717) is 18.2 Å². The lowest BCUT2D eigenvalue weighted by molar-refractivity contribution is 0.0520. The second-order valence-corrected chi connectivity index (χ2v) is 4.27. The minimum Gasteiger partial charge on any atom is -0.490 e. The van der Waals surface area contributed by atoms with Gasteiger partial charge in [-0.1, -0.05) is 6.92 Å². The molecule has 0 radical (unpaired) electrons. The summed E-state index contributed by atoms with van der Waals surface area (Å²) < 4.78 is 11.9. The number of rotatable bonds is 6. The molecule has 0 aromatic carbocycles. The van der Waals surface area contributed by atoms with E-state index in [1.807, 2.05) is 6.92 Å². The Balaban J connectivity index is 2.34. The topological polar surface area (TPSA) is 92.3 Å². The fourth-order valence-corrected chi connectivity index (χ4v) is 1.73. The van der Waals surface area contributed by atoms with Gasteiger partial charge in [0.25, 0.3) is 0 Å². The quantitative estimate of drug-likeness (QED) is 0.816. The molecule has 0 aliphatic rings. The van der Waals surface area contributed by atoms with E-state index in [9.17, 15) is 4.79 Å². The van der Waals surface area contributed by atoms with Gasteiger partial charge in [-0.3, -0.25) is 0 Å². The number of esters is 1. The predicted octanol–water partition coefficient (Wildman–Crippen LogP) is 1.81. The Morgan fingerprint density at radius 1 is 1.43 bits per heavy atom. The van der Waals surface area contributed by atoms with Crippen LogP contribution < -0.4 is 10.5 Å². The first-order chi connectivity index (χ1) is 10.2. The molecule has 0 bridgehead atoms. The number of pyridine rings is 1. The standard InChI is InChI=1S/C14H18N4O3/c1-3-8-21-11-6-5-7-16-13(11)18-9-10(15)12(17-18)14(19)20-4-2/h5-7,9H,3-4,8,15H2,1-2H3. The summed E-state index contributed by atoms with van der Waals surface area (Å²) >= 11 is 0. The number of ether oxygens (including phenoxy) is 2. The van der Waals surface area contributed by atoms with Crippen LogP contribution in [0.15, 0.2) is 24.5 Å². The average molecular weight is 290 g/mol. The van der Waals surface area contributed by atoms with Crippen LogP contribution in [0.1, 0.15) is 30.8 Å². The first-order valence-electron chi connectivity index (χ1n) is 6.77. The van der Waals surface area contributed by atoms with Crippen molar-refractivity contribution in [2.24, 2.45) is 0 Å². The van der Waals surface area contributed by atoms with Crippen LogP contribution in [0.25, 0.3) is 5.82 Å². The minimum absolute atomic E-state index is 0.0731. The Bertz CT molecular complexity index is 624. The molecular formula is C14H18N4O3. The first-order valence-corrected chi connectivity index (χ1v) is 6.77. The summed E-state index contributed by atoms with van der Waals surface area (Å²) in [6.45, 7) is 4.57. The number of nitrogens with zero attached hydrogens (tertiary/aromatic N) is 3. The fourth-order valence-electron chi connectivity index (χ4n) is 1.73. The van der Waals surface area contributed by atoms with Gasteiger partial charge in [0, 0.05) is 6.20 Å². The second-order valence-electron chi connectivity index (χ2n) is 4.27. The number of nitrogen functional groups attached to an aromatic ring is 1. The number of hydrogen-bond donors (Lipinski definition) is 1. The van der Waals surface area contributed by atoms with E-state index in [0.717, 1.165) is 6.42 Å². The van der Waals surface area contributed by atoms with E-state index >= 15 is 0 Å². The Labute approximate surface area is 122 Å². The van der Waals surface area contributed by atoms with E-state index in [4.69, 9.17) is 15.2 Å².